The maximum absolute atomic E-state index is 6.42. The van der Waals surface area contributed by atoms with Crippen LogP contribution in [0.1, 0.15) is 37.7 Å². The van der Waals surface area contributed by atoms with Crippen LogP contribution in [0.25, 0.3) is 0 Å². The third-order valence-electron chi connectivity index (χ3n) is 5.37. The van der Waals surface area contributed by atoms with Crippen LogP contribution in [0.3, 0.4) is 0 Å². The molecule has 0 bridgehead atoms. The van der Waals surface area contributed by atoms with Gasteiger partial charge in [-0.05, 0) is 56.1 Å². The van der Waals surface area contributed by atoms with Gasteiger partial charge in [-0.3, -0.25) is 0 Å². The quantitative estimate of drug-likeness (QED) is 0.862. The van der Waals surface area contributed by atoms with Crippen LogP contribution in [0.4, 0.5) is 0 Å². The van der Waals surface area contributed by atoms with E-state index in [1.807, 2.05) is 12.1 Å². The van der Waals surface area contributed by atoms with Gasteiger partial charge in [0.25, 0.3) is 0 Å². The molecule has 1 aromatic carbocycles. The number of ether oxygens (including phenoxy) is 1. The first-order chi connectivity index (χ1) is 10.3. The first kappa shape index (κ1) is 14.0. The van der Waals surface area contributed by atoms with E-state index in [0.717, 1.165) is 36.6 Å². The molecule has 3 aliphatic rings. The van der Waals surface area contributed by atoms with Crippen LogP contribution in [0.15, 0.2) is 24.3 Å². The van der Waals surface area contributed by atoms with E-state index in [2.05, 4.69) is 17.4 Å². The molecule has 0 spiro atoms. The zero-order valence-electron chi connectivity index (χ0n) is 12.5. The number of hydrogen-bond donors (Lipinski definition) is 1. The summed E-state index contributed by atoms with van der Waals surface area (Å²) in [7, 11) is 0. The molecular formula is C18H24ClNO. The Bertz CT molecular complexity index is 512. The minimum atomic E-state index is 0.245. The van der Waals surface area contributed by atoms with Crippen LogP contribution in [0.2, 0.25) is 5.02 Å². The lowest BCUT2D eigenvalue weighted by Crippen LogP contribution is -2.44. The summed E-state index contributed by atoms with van der Waals surface area (Å²) in [4.78, 5) is 0. The molecule has 0 aromatic heterocycles. The summed E-state index contributed by atoms with van der Waals surface area (Å²) in [6.45, 7) is 2.00. The Morgan fingerprint density at radius 1 is 1.19 bits per heavy atom. The minimum Gasteiger partial charge on any atom is -0.377 e. The molecule has 1 aliphatic heterocycles. The van der Waals surface area contributed by atoms with Crippen molar-refractivity contribution in [3.8, 4) is 0 Å². The third kappa shape index (κ3) is 2.99. The van der Waals surface area contributed by atoms with Gasteiger partial charge in [-0.2, -0.15) is 0 Å². The number of halogens is 1. The number of hydrogen-bond acceptors (Lipinski definition) is 2. The van der Waals surface area contributed by atoms with Crippen LogP contribution < -0.4 is 5.32 Å². The maximum Gasteiger partial charge on any atom is 0.0675 e. The fourth-order valence-electron chi connectivity index (χ4n) is 3.84. The molecule has 1 N–H and O–H groups in total. The summed E-state index contributed by atoms with van der Waals surface area (Å²) in [5, 5.41) is 4.68. The Balaban J connectivity index is 1.57. The van der Waals surface area contributed by atoms with E-state index in [0.29, 0.717) is 6.10 Å². The highest BCUT2D eigenvalue weighted by Crippen LogP contribution is 2.49. The molecule has 3 fully saturated rings. The van der Waals surface area contributed by atoms with Gasteiger partial charge in [0.15, 0.2) is 0 Å². The lowest BCUT2D eigenvalue weighted by Gasteiger charge is -2.35. The summed E-state index contributed by atoms with van der Waals surface area (Å²) in [6, 6.07) is 9.08. The Kier molecular flexibility index (Phi) is 3.72. The van der Waals surface area contributed by atoms with Gasteiger partial charge in [-0.25, -0.2) is 0 Å². The number of benzene rings is 1. The summed E-state index contributed by atoms with van der Waals surface area (Å²) in [6.07, 6.45) is 8.03. The highest BCUT2D eigenvalue weighted by atomic mass is 35.5. The number of nitrogens with one attached hydrogen (secondary N) is 1. The fourth-order valence-corrected chi connectivity index (χ4v) is 4.04. The first-order valence-corrected chi connectivity index (χ1v) is 8.73. The van der Waals surface area contributed by atoms with Crippen molar-refractivity contribution >= 4 is 11.6 Å². The molecule has 114 valence electrons. The zero-order valence-corrected chi connectivity index (χ0v) is 13.2. The molecule has 4 rings (SSSR count). The number of rotatable bonds is 6. The molecule has 21 heavy (non-hydrogen) atoms. The fraction of sp³-hybridized carbons (Fsp3) is 0.667. The Hall–Kier alpha value is -0.570. The molecule has 2 unspecified atom stereocenters. The van der Waals surface area contributed by atoms with Crippen molar-refractivity contribution in [3.05, 3.63) is 34.9 Å². The second-order valence-electron chi connectivity index (χ2n) is 7.16. The van der Waals surface area contributed by atoms with E-state index >= 15 is 0 Å². The Morgan fingerprint density at radius 3 is 2.71 bits per heavy atom. The van der Waals surface area contributed by atoms with Gasteiger partial charge in [0.2, 0.25) is 0 Å². The second-order valence-corrected chi connectivity index (χ2v) is 7.57. The van der Waals surface area contributed by atoms with Crippen molar-refractivity contribution in [3.63, 3.8) is 0 Å². The SMILES string of the molecule is Clc1ccccc1CC1(CNC2CC2)CCOC1C1CC1. The molecule has 1 heterocycles. The van der Waals surface area contributed by atoms with Crippen molar-refractivity contribution in [2.75, 3.05) is 13.2 Å². The van der Waals surface area contributed by atoms with Crippen LogP contribution in [-0.4, -0.2) is 25.3 Å². The van der Waals surface area contributed by atoms with E-state index in [-0.39, 0.29) is 5.41 Å². The smallest absolute Gasteiger partial charge is 0.0675 e. The molecule has 0 amide bonds. The minimum absolute atomic E-state index is 0.245. The predicted molar refractivity (Wildman–Crippen MR) is 85.7 cm³/mol. The maximum atomic E-state index is 6.42. The third-order valence-corrected chi connectivity index (χ3v) is 5.74. The van der Waals surface area contributed by atoms with Crippen LogP contribution in [0, 0.1) is 11.3 Å². The summed E-state index contributed by atoms with van der Waals surface area (Å²) in [5.41, 5.74) is 1.53. The van der Waals surface area contributed by atoms with Crippen LogP contribution in [0.5, 0.6) is 0 Å². The van der Waals surface area contributed by atoms with E-state index in [4.69, 9.17) is 16.3 Å². The monoisotopic (exact) mass is 305 g/mol. The molecule has 2 aliphatic carbocycles. The molecular weight excluding hydrogens is 282 g/mol. The Labute approximate surface area is 132 Å². The molecule has 2 saturated carbocycles. The van der Waals surface area contributed by atoms with Gasteiger partial charge in [0.1, 0.15) is 0 Å². The molecule has 1 aromatic rings. The normalized spacial score (nSPS) is 32.5. The van der Waals surface area contributed by atoms with Gasteiger partial charge >= 0.3 is 0 Å². The van der Waals surface area contributed by atoms with Crippen molar-refractivity contribution in [1.82, 2.24) is 5.32 Å². The van der Waals surface area contributed by atoms with Crippen molar-refractivity contribution in [2.45, 2.75) is 50.7 Å². The van der Waals surface area contributed by atoms with Crippen molar-refractivity contribution in [1.29, 1.82) is 0 Å². The van der Waals surface area contributed by atoms with E-state index in [9.17, 15) is 0 Å². The van der Waals surface area contributed by atoms with Gasteiger partial charge in [-0.15, -0.1) is 0 Å². The summed E-state index contributed by atoms with van der Waals surface area (Å²) >= 11 is 6.42. The van der Waals surface area contributed by atoms with Crippen LogP contribution in [-0.2, 0) is 11.2 Å². The van der Waals surface area contributed by atoms with E-state index in [1.165, 1.54) is 37.7 Å². The van der Waals surface area contributed by atoms with Crippen LogP contribution >= 0.6 is 11.6 Å². The lowest BCUT2D eigenvalue weighted by atomic mass is 9.74. The molecule has 2 nitrogen and oxygen atoms in total. The van der Waals surface area contributed by atoms with Gasteiger partial charge in [-0.1, -0.05) is 29.8 Å². The topological polar surface area (TPSA) is 21.3 Å². The molecule has 3 heteroatoms. The predicted octanol–water partition coefficient (Wildman–Crippen LogP) is 3.82. The van der Waals surface area contributed by atoms with Crippen molar-refractivity contribution < 1.29 is 4.74 Å². The average molecular weight is 306 g/mol. The van der Waals surface area contributed by atoms with E-state index < -0.39 is 0 Å². The summed E-state index contributed by atoms with van der Waals surface area (Å²) in [5.74, 6) is 0.788. The molecule has 0 radical (unpaired) electrons. The van der Waals surface area contributed by atoms with Gasteiger partial charge < -0.3 is 10.1 Å². The molecule has 1 saturated heterocycles. The first-order valence-electron chi connectivity index (χ1n) is 8.35. The van der Waals surface area contributed by atoms with Gasteiger partial charge in [0.05, 0.1) is 6.10 Å². The standard InChI is InChI=1S/C18H24ClNO/c19-16-4-2-1-3-14(16)11-18(12-20-15-7-8-15)9-10-21-17(18)13-5-6-13/h1-4,13,15,17,20H,5-12H2. The Morgan fingerprint density at radius 2 is 2.00 bits per heavy atom. The highest BCUT2D eigenvalue weighted by Gasteiger charge is 2.51. The zero-order chi connectivity index (χ0) is 14.3. The highest BCUT2D eigenvalue weighted by molar-refractivity contribution is 6.31. The second kappa shape index (κ2) is 5.57. The molecule has 2 atom stereocenters. The average Bonchev–Trinajstić information content (AvgIpc) is 3.40. The van der Waals surface area contributed by atoms with Gasteiger partial charge in [0, 0.05) is 29.6 Å². The lowest BCUT2D eigenvalue weighted by molar-refractivity contribution is 0.0305. The van der Waals surface area contributed by atoms with Crippen molar-refractivity contribution in [2.24, 2.45) is 11.3 Å². The largest absolute Gasteiger partial charge is 0.377 e. The summed E-state index contributed by atoms with van der Waals surface area (Å²) < 4.78 is 6.17. The van der Waals surface area contributed by atoms with E-state index in [1.54, 1.807) is 0 Å².